The van der Waals surface area contributed by atoms with Gasteiger partial charge in [0.25, 0.3) is 0 Å². The molecule has 62 valence electrons. The number of nitrogens with zero attached hydrogens (tertiary/aromatic N) is 1. The van der Waals surface area contributed by atoms with Crippen LogP contribution in [0.2, 0.25) is 0 Å². The molecule has 1 atom stereocenters. The number of aromatic nitrogens is 1. The lowest BCUT2D eigenvalue weighted by Crippen LogP contribution is -2.29. The van der Waals surface area contributed by atoms with Gasteiger partial charge in [-0.05, 0) is 19.1 Å². The van der Waals surface area contributed by atoms with E-state index in [2.05, 4.69) is 0 Å². The van der Waals surface area contributed by atoms with Crippen molar-refractivity contribution >= 4 is 22.8 Å². The molecule has 1 aromatic heterocycles. The van der Waals surface area contributed by atoms with E-state index in [4.69, 9.17) is 0 Å². The molecule has 1 aromatic rings. The van der Waals surface area contributed by atoms with E-state index < -0.39 is 0 Å². The molecule has 0 saturated carbocycles. The van der Waals surface area contributed by atoms with E-state index in [1.807, 2.05) is 0 Å². The van der Waals surface area contributed by atoms with Gasteiger partial charge < -0.3 is 0 Å². The zero-order valence-electron chi connectivity index (χ0n) is 6.48. The molecule has 1 aliphatic heterocycles. The first-order valence-corrected chi connectivity index (χ1v) is 4.50. The van der Waals surface area contributed by atoms with Gasteiger partial charge in [0, 0.05) is 6.20 Å². The molecular weight excluding hydrogens is 174 g/mol. The fraction of sp³-hybridized carbons (Fsp3) is 0.250. The van der Waals surface area contributed by atoms with Crippen LogP contribution in [0.25, 0.3) is 0 Å². The molecule has 0 aromatic carbocycles. The number of carbonyl (C=O) groups is 2. The third-order valence-electron chi connectivity index (χ3n) is 1.83. The van der Waals surface area contributed by atoms with E-state index in [1.54, 1.807) is 25.3 Å². The van der Waals surface area contributed by atoms with Crippen molar-refractivity contribution < 1.29 is 9.59 Å². The Hall–Kier alpha value is -1.03. The van der Waals surface area contributed by atoms with E-state index >= 15 is 0 Å². The molecule has 0 amide bonds. The second-order valence-corrected chi connectivity index (χ2v) is 3.96. The fourth-order valence-electron chi connectivity index (χ4n) is 1.21. The summed E-state index contributed by atoms with van der Waals surface area (Å²) in [5.41, 5.74) is 0.489. The van der Waals surface area contributed by atoms with Gasteiger partial charge in [0.1, 0.15) is 5.69 Å². The summed E-state index contributed by atoms with van der Waals surface area (Å²) in [5.74, 6) is -0.0143. The van der Waals surface area contributed by atoms with E-state index in [-0.39, 0.29) is 16.3 Å². The Labute approximate surface area is 73.8 Å². The van der Waals surface area contributed by atoms with Gasteiger partial charge in [-0.25, -0.2) is 0 Å². The van der Waals surface area contributed by atoms with Gasteiger partial charge in [-0.2, -0.15) is 0 Å². The predicted molar refractivity (Wildman–Crippen MR) is 46.4 cm³/mol. The maximum Gasteiger partial charge on any atom is 0.244 e. The first kappa shape index (κ1) is 7.61. The molecule has 12 heavy (non-hydrogen) atoms. The Kier molecular flexibility index (Phi) is 1.58. The van der Waals surface area contributed by atoms with Crippen LogP contribution in [0.3, 0.4) is 0 Å². The van der Waals surface area contributed by atoms with Crippen LogP contribution >= 0.6 is 11.8 Å². The minimum atomic E-state index is -0.252. The first-order valence-electron chi connectivity index (χ1n) is 3.62. The molecule has 1 unspecified atom stereocenters. The lowest BCUT2D eigenvalue weighted by atomic mass is 10.4. The van der Waals surface area contributed by atoms with Crippen molar-refractivity contribution in [3.05, 3.63) is 24.0 Å². The molecule has 0 bridgehead atoms. The molecular formula is C8H7NO2S. The number of thioether (sulfide) groups is 1. The molecule has 0 N–H and O–H groups in total. The number of hydrogen-bond acceptors (Lipinski definition) is 3. The molecule has 0 fully saturated rings. The smallest absolute Gasteiger partial charge is 0.244 e. The van der Waals surface area contributed by atoms with Crippen LogP contribution in [-0.4, -0.2) is 20.8 Å². The van der Waals surface area contributed by atoms with Crippen molar-refractivity contribution in [3.63, 3.8) is 0 Å². The summed E-state index contributed by atoms with van der Waals surface area (Å²) < 4.78 is 1.42. The summed E-state index contributed by atoms with van der Waals surface area (Å²) in [7, 11) is 0. The van der Waals surface area contributed by atoms with Crippen LogP contribution in [0, 0.1) is 0 Å². The Balaban J connectivity index is 2.57. The quantitative estimate of drug-likeness (QED) is 0.607. The van der Waals surface area contributed by atoms with Crippen molar-refractivity contribution in [2.75, 3.05) is 0 Å². The van der Waals surface area contributed by atoms with Gasteiger partial charge in [-0.3, -0.25) is 14.2 Å². The Morgan fingerprint density at radius 3 is 3.00 bits per heavy atom. The average Bonchev–Trinajstić information content (AvgIpc) is 2.48. The molecule has 2 heterocycles. The Morgan fingerprint density at radius 1 is 1.50 bits per heavy atom. The van der Waals surface area contributed by atoms with Gasteiger partial charge in [0.2, 0.25) is 11.0 Å². The monoisotopic (exact) mass is 181 g/mol. The molecule has 2 rings (SSSR count). The fourth-order valence-corrected chi connectivity index (χ4v) is 2.03. The van der Waals surface area contributed by atoms with Crippen LogP contribution in [0.5, 0.6) is 0 Å². The van der Waals surface area contributed by atoms with Crippen molar-refractivity contribution in [3.8, 4) is 0 Å². The summed E-state index contributed by atoms with van der Waals surface area (Å²) in [6, 6.07) is 3.38. The molecule has 0 aliphatic carbocycles. The van der Waals surface area contributed by atoms with E-state index in [9.17, 15) is 9.59 Å². The first-order chi connectivity index (χ1) is 5.70. The Bertz CT molecular complexity index is 356. The molecule has 0 saturated heterocycles. The summed E-state index contributed by atoms with van der Waals surface area (Å²) >= 11 is 1.09. The van der Waals surface area contributed by atoms with Gasteiger partial charge in [0.15, 0.2) is 0 Å². The van der Waals surface area contributed by atoms with Gasteiger partial charge >= 0.3 is 0 Å². The number of rotatable bonds is 0. The third kappa shape index (κ3) is 0.914. The maximum atomic E-state index is 11.4. The summed E-state index contributed by atoms with van der Waals surface area (Å²) in [5, 5.41) is -0.274. The minimum Gasteiger partial charge on any atom is -0.282 e. The zero-order valence-corrected chi connectivity index (χ0v) is 7.30. The summed E-state index contributed by atoms with van der Waals surface area (Å²) in [6.45, 7) is 1.74. The average molecular weight is 181 g/mol. The third-order valence-corrected chi connectivity index (χ3v) is 2.81. The standard InChI is InChI=1S/C8H7NO2S/c1-5-7(10)9-4-2-3-6(9)8(11)12-5/h2-5H,1H3. The molecule has 4 heteroatoms. The van der Waals surface area contributed by atoms with Crippen LogP contribution in [-0.2, 0) is 0 Å². The highest BCUT2D eigenvalue weighted by molar-refractivity contribution is 8.15. The normalized spacial score (nSPS) is 22.6. The summed E-state index contributed by atoms with van der Waals surface area (Å²) in [6.07, 6.45) is 1.63. The number of hydrogen-bond donors (Lipinski definition) is 0. The lowest BCUT2D eigenvalue weighted by Gasteiger charge is -2.17. The minimum absolute atomic E-state index is 0.0143. The molecule has 1 aliphatic rings. The molecule has 0 radical (unpaired) electrons. The number of carbonyl (C=O) groups excluding carboxylic acids is 2. The van der Waals surface area contributed by atoms with Gasteiger partial charge in [0.05, 0.1) is 5.25 Å². The highest BCUT2D eigenvalue weighted by atomic mass is 32.2. The van der Waals surface area contributed by atoms with Crippen molar-refractivity contribution in [1.29, 1.82) is 0 Å². The van der Waals surface area contributed by atoms with E-state index in [0.29, 0.717) is 5.69 Å². The topological polar surface area (TPSA) is 39.1 Å². The largest absolute Gasteiger partial charge is 0.282 e. The maximum absolute atomic E-state index is 11.4. The van der Waals surface area contributed by atoms with E-state index in [0.717, 1.165) is 11.8 Å². The molecule has 3 nitrogen and oxygen atoms in total. The van der Waals surface area contributed by atoms with E-state index in [1.165, 1.54) is 4.57 Å². The molecule has 0 spiro atoms. The predicted octanol–water partition coefficient (Wildman–Crippen LogP) is 1.40. The second kappa shape index (κ2) is 2.48. The highest BCUT2D eigenvalue weighted by Gasteiger charge is 2.29. The zero-order chi connectivity index (χ0) is 8.72. The van der Waals surface area contributed by atoms with Crippen LogP contribution < -0.4 is 0 Å². The summed E-state index contributed by atoms with van der Waals surface area (Å²) in [4.78, 5) is 22.7. The highest BCUT2D eigenvalue weighted by Crippen LogP contribution is 2.25. The van der Waals surface area contributed by atoms with Crippen molar-refractivity contribution in [1.82, 2.24) is 4.57 Å². The Morgan fingerprint density at radius 2 is 2.25 bits per heavy atom. The van der Waals surface area contributed by atoms with Crippen LogP contribution in [0.15, 0.2) is 18.3 Å². The second-order valence-electron chi connectivity index (χ2n) is 2.65. The lowest BCUT2D eigenvalue weighted by molar-refractivity contribution is 0.0890. The van der Waals surface area contributed by atoms with Crippen LogP contribution in [0.1, 0.15) is 22.2 Å². The van der Waals surface area contributed by atoms with Crippen molar-refractivity contribution in [2.24, 2.45) is 0 Å². The number of fused-ring (bicyclic) bond motifs is 1. The van der Waals surface area contributed by atoms with Gasteiger partial charge in [-0.15, -0.1) is 0 Å². The van der Waals surface area contributed by atoms with Crippen molar-refractivity contribution in [2.45, 2.75) is 12.2 Å². The van der Waals surface area contributed by atoms with Crippen LogP contribution in [0.4, 0.5) is 0 Å². The van der Waals surface area contributed by atoms with Gasteiger partial charge in [-0.1, -0.05) is 11.8 Å². The SMILES string of the molecule is CC1SC(=O)c2cccn2C1=O.